The molecule has 2 nitrogen and oxygen atoms in total. The van der Waals surface area contributed by atoms with Crippen molar-refractivity contribution in [2.45, 2.75) is 36.5 Å². The van der Waals surface area contributed by atoms with Crippen molar-refractivity contribution in [2.75, 3.05) is 6.61 Å². The van der Waals surface area contributed by atoms with Crippen molar-refractivity contribution in [1.29, 1.82) is 0 Å². The summed E-state index contributed by atoms with van der Waals surface area (Å²) < 4.78 is 5.66. The maximum atomic E-state index is 11.3. The van der Waals surface area contributed by atoms with Crippen LogP contribution in [0.4, 0.5) is 0 Å². The number of carbonyl (C=O) groups is 1. The zero-order valence-corrected chi connectivity index (χ0v) is 9.54. The van der Waals surface area contributed by atoms with Gasteiger partial charge in [0.2, 0.25) is 0 Å². The Morgan fingerprint density at radius 3 is 2.92 bits per heavy atom. The lowest BCUT2D eigenvalue weighted by molar-refractivity contribution is -0.148. The van der Waals surface area contributed by atoms with Crippen LogP contribution in [0.2, 0.25) is 0 Å². The average Bonchev–Trinajstić information content (AvgIpc) is 2.05. The first-order valence-corrected chi connectivity index (χ1v) is 5.79. The minimum absolute atomic E-state index is 0.0128. The SMILES string of the molecule is CCOC(=O)C1CCCC(I)C1. The Labute approximate surface area is 87.2 Å². The van der Waals surface area contributed by atoms with Gasteiger partial charge < -0.3 is 4.74 Å². The predicted molar refractivity (Wildman–Crippen MR) is 56.4 cm³/mol. The van der Waals surface area contributed by atoms with Crippen LogP contribution in [-0.2, 0) is 9.53 Å². The van der Waals surface area contributed by atoms with Gasteiger partial charge in [0, 0.05) is 3.92 Å². The molecule has 0 saturated heterocycles. The van der Waals surface area contributed by atoms with Gasteiger partial charge in [-0.15, -0.1) is 0 Å². The van der Waals surface area contributed by atoms with Gasteiger partial charge in [-0.1, -0.05) is 29.0 Å². The first-order valence-electron chi connectivity index (χ1n) is 4.54. The van der Waals surface area contributed by atoms with Gasteiger partial charge in [0.25, 0.3) is 0 Å². The van der Waals surface area contributed by atoms with Crippen molar-refractivity contribution in [2.24, 2.45) is 5.92 Å². The topological polar surface area (TPSA) is 26.3 Å². The second-order valence-corrected chi connectivity index (χ2v) is 4.97. The molecule has 0 radical (unpaired) electrons. The quantitative estimate of drug-likeness (QED) is 0.442. The standard InChI is InChI=1S/C9H15IO2/c1-2-12-9(11)7-4-3-5-8(10)6-7/h7-8H,2-6H2,1H3. The molecule has 0 aromatic rings. The van der Waals surface area contributed by atoms with Crippen LogP contribution >= 0.6 is 22.6 Å². The third kappa shape index (κ3) is 2.92. The molecule has 1 fully saturated rings. The van der Waals surface area contributed by atoms with Crippen LogP contribution in [0.1, 0.15) is 32.6 Å². The molecule has 70 valence electrons. The molecule has 0 aromatic carbocycles. The number of ether oxygens (including phenoxy) is 1. The largest absolute Gasteiger partial charge is 0.466 e. The molecule has 12 heavy (non-hydrogen) atoms. The van der Waals surface area contributed by atoms with Crippen LogP contribution in [-0.4, -0.2) is 16.5 Å². The fourth-order valence-electron chi connectivity index (χ4n) is 1.60. The lowest BCUT2D eigenvalue weighted by Crippen LogP contribution is -2.24. The van der Waals surface area contributed by atoms with E-state index in [0.29, 0.717) is 10.5 Å². The molecular weight excluding hydrogens is 267 g/mol. The average molecular weight is 282 g/mol. The van der Waals surface area contributed by atoms with E-state index in [0.717, 1.165) is 12.8 Å². The lowest BCUT2D eigenvalue weighted by atomic mass is 9.89. The summed E-state index contributed by atoms with van der Waals surface area (Å²) in [6.07, 6.45) is 4.48. The van der Waals surface area contributed by atoms with Crippen LogP contribution in [0.3, 0.4) is 0 Å². The van der Waals surface area contributed by atoms with Gasteiger partial charge in [-0.05, 0) is 26.2 Å². The number of alkyl halides is 1. The summed E-state index contributed by atoms with van der Waals surface area (Å²) in [5.74, 6) is 0.194. The van der Waals surface area contributed by atoms with Gasteiger partial charge in [0.15, 0.2) is 0 Å². The highest BCUT2D eigenvalue weighted by atomic mass is 127. The number of hydrogen-bond donors (Lipinski definition) is 0. The van der Waals surface area contributed by atoms with E-state index < -0.39 is 0 Å². The van der Waals surface area contributed by atoms with Gasteiger partial charge in [0.05, 0.1) is 12.5 Å². The summed E-state index contributed by atoms with van der Waals surface area (Å²) in [6, 6.07) is 0. The number of esters is 1. The smallest absolute Gasteiger partial charge is 0.308 e. The van der Waals surface area contributed by atoms with E-state index in [1.165, 1.54) is 12.8 Å². The van der Waals surface area contributed by atoms with E-state index in [4.69, 9.17) is 4.74 Å². The summed E-state index contributed by atoms with van der Waals surface area (Å²) in [5, 5.41) is 0. The Morgan fingerprint density at radius 2 is 2.33 bits per heavy atom. The van der Waals surface area contributed by atoms with Gasteiger partial charge in [-0.25, -0.2) is 0 Å². The van der Waals surface area contributed by atoms with Gasteiger partial charge in [-0.3, -0.25) is 4.79 Å². The molecule has 0 N–H and O–H groups in total. The molecule has 0 bridgehead atoms. The van der Waals surface area contributed by atoms with Gasteiger partial charge in [0.1, 0.15) is 0 Å². The fourth-order valence-corrected chi connectivity index (χ4v) is 2.66. The molecule has 0 heterocycles. The summed E-state index contributed by atoms with van der Waals surface area (Å²) >= 11 is 2.43. The molecule has 1 rings (SSSR count). The van der Waals surface area contributed by atoms with Gasteiger partial charge in [-0.2, -0.15) is 0 Å². The normalized spacial score (nSPS) is 29.8. The number of carbonyl (C=O) groups excluding carboxylic acids is 1. The molecule has 1 aliphatic carbocycles. The molecule has 0 aliphatic heterocycles. The first kappa shape index (κ1) is 10.3. The number of hydrogen-bond acceptors (Lipinski definition) is 2. The number of rotatable bonds is 2. The van der Waals surface area contributed by atoms with E-state index >= 15 is 0 Å². The maximum Gasteiger partial charge on any atom is 0.308 e. The minimum Gasteiger partial charge on any atom is -0.466 e. The zero-order chi connectivity index (χ0) is 8.97. The minimum atomic E-state index is 0.0128. The second-order valence-electron chi connectivity index (χ2n) is 3.21. The van der Waals surface area contributed by atoms with Gasteiger partial charge >= 0.3 is 5.97 Å². The summed E-state index contributed by atoms with van der Waals surface area (Å²) in [6.45, 7) is 2.38. The van der Waals surface area contributed by atoms with Crippen molar-refractivity contribution in [3.63, 3.8) is 0 Å². The maximum absolute atomic E-state index is 11.3. The van der Waals surface area contributed by atoms with Crippen LogP contribution < -0.4 is 0 Å². The van der Waals surface area contributed by atoms with E-state index in [1.54, 1.807) is 0 Å². The van der Waals surface area contributed by atoms with Crippen LogP contribution in [0, 0.1) is 5.92 Å². The third-order valence-electron chi connectivity index (χ3n) is 2.23. The molecule has 3 heteroatoms. The predicted octanol–water partition coefficient (Wildman–Crippen LogP) is 2.54. The lowest BCUT2D eigenvalue weighted by Gasteiger charge is -2.23. The monoisotopic (exact) mass is 282 g/mol. The molecule has 0 aromatic heterocycles. The Hall–Kier alpha value is 0.200. The second kappa shape index (κ2) is 5.04. The van der Waals surface area contributed by atoms with Crippen molar-refractivity contribution in [3.05, 3.63) is 0 Å². The Bertz CT molecular complexity index is 159. The van der Waals surface area contributed by atoms with E-state index in [2.05, 4.69) is 22.6 Å². The first-order chi connectivity index (χ1) is 5.74. The van der Waals surface area contributed by atoms with Crippen molar-refractivity contribution >= 4 is 28.6 Å². The molecule has 1 aliphatic rings. The Kier molecular flexibility index (Phi) is 4.32. The van der Waals surface area contributed by atoms with Crippen molar-refractivity contribution in [1.82, 2.24) is 0 Å². The van der Waals surface area contributed by atoms with Crippen molar-refractivity contribution < 1.29 is 9.53 Å². The Balaban J connectivity index is 2.35. The fraction of sp³-hybridized carbons (Fsp3) is 0.889. The molecule has 0 spiro atoms. The van der Waals surface area contributed by atoms with Crippen LogP contribution in [0.15, 0.2) is 0 Å². The van der Waals surface area contributed by atoms with Crippen molar-refractivity contribution in [3.8, 4) is 0 Å². The molecule has 0 amide bonds. The molecule has 2 unspecified atom stereocenters. The number of halogens is 1. The van der Waals surface area contributed by atoms with E-state index in [1.807, 2.05) is 6.92 Å². The highest BCUT2D eigenvalue weighted by Crippen LogP contribution is 2.29. The Morgan fingerprint density at radius 1 is 1.58 bits per heavy atom. The molecule has 1 saturated carbocycles. The summed E-state index contributed by atoms with van der Waals surface area (Å²) in [4.78, 5) is 11.3. The van der Waals surface area contributed by atoms with E-state index in [9.17, 15) is 4.79 Å². The summed E-state index contributed by atoms with van der Waals surface area (Å²) in [7, 11) is 0. The van der Waals surface area contributed by atoms with E-state index in [-0.39, 0.29) is 11.9 Å². The highest BCUT2D eigenvalue weighted by molar-refractivity contribution is 14.1. The van der Waals surface area contributed by atoms with Crippen LogP contribution in [0.5, 0.6) is 0 Å². The molecular formula is C9H15IO2. The zero-order valence-electron chi connectivity index (χ0n) is 7.38. The third-order valence-corrected chi connectivity index (χ3v) is 3.36. The van der Waals surface area contributed by atoms with Crippen LogP contribution in [0.25, 0.3) is 0 Å². The molecule has 2 atom stereocenters. The highest BCUT2D eigenvalue weighted by Gasteiger charge is 2.26. The summed E-state index contributed by atoms with van der Waals surface area (Å²) in [5.41, 5.74) is 0.